The fourth-order valence-corrected chi connectivity index (χ4v) is 1.83. The van der Waals surface area contributed by atoms with Crippen LogP contribution >= 0.6 is 0 Å². The van der Waals surface area contributed by atoms with E-state index in [1.165, 1.54) is 0 Å². The van der Waals surface area contributed by atoms with Crippen molar-refractivity contribution in [2.24, 2.45) is 43.4 Å². The number of carboxylic acid groups (broad SMARTS) is 4. The Morgan fingerprint density at radius 3 is 1.21 bits per heavy atom. The van der Waals surface area contributed by atoms with Crippen LogP contribution in [-0.2, 0) is 19.2 Å². The third kappa shape index (κ3) is 37.1. The molecule has 0 rings (SSSR count). The van der Waals surface area contributed by atoms with Crippen LogP contribution in [0.1, 0.15) is 38.5 Å². The van der Waals surface area contributed by atoms with Crippen LogP contribution in [0, 0.1) is 0 Å². The quantitative estimate of drug-likeness (QED) is 0.0473. The normalized spacial score (nSPS) is 11.7. The number of aliphatic carboxylic acids is 4. The highest BCUT2D eigenvalue weighted by atomic mass is 16.4. The lowest BCUT2D eigenvalue weighted by Gasteiger charge is -2.03. The van der Waals surface area contributed by atoms with Gasteiger partial charge in [-0.05, 0) is 54.2 Å². The van der Waals surface area contributed by atoms with Crippen LogP contribution in [0.25, 0.3) is 41.8 Å². The molecule has 0 aliphatic carbocycles. The Kier molecular flexibility index (Phi) is 33.7. The van der Waals surface area contributed by atoms with Crippen LogP contribution in [-0.4, -0.2) is 94.6 Å². The molecule has 24 heteroatoms. The summed E-state index contributed by atoms with van der Waals surface area (Å²) in [5.74, 6) is -4.25. The molecule has 0 radical (unpaired) electrons. The molecule has 0 aliphatic heterocycles. The molecule has 12 N–H and O–H groups in total. The van der Waals surface area contributed by atoms with Gasteiger partial charge in [-0.25, -0.2) is 0 Å². The van der Waals surface area contributed by atoms with Crippen molar-refractivity contribution in [3.05, 3.63) is 41.8 Å². The third-order valence-corrected chi connectivity index (χ3v) is 4.14. The lowest BCUT2D eigenvalue weighted by molar-refractivity contribution is -0.139. The molecule has 0 amide bonds. The van der Waals surface area contributed by atoms with Crippen molar-refractivity contribution in [3.63, 3.8) is 0 Å². The zero-order valence-corrected chi connectivity index (χ0v) is 22.5. The molecule has 42 heavy (non-hydrogen) atoms. The molecule has 24 nitrogen and oxygen atoms in total. The Morgan fingerprint density at radius 2 is 0.833 bits per heavy atom. The first kappa shape index (κ1) is 44.0. The van der Waals surface area contributed by atoms with E-state index in [9.17, 15) is 19.2 Å². The van der Waals surface area contributed by atoms with E-state index in [1.54, 1.807) is 0 Å². The van der Waals surface area contributed by atoms with E-state index >= 15 is 0 Å². The number of carboxylic acids is 4. The molecule has 4 unspecified atom stereocenters. The van der Waals surface area contributed by atoms with Crippen molar-refractivity contribution in [2.75, 3.05) is 26.2 Å². The molecule has 0 saturated heterocycles. The number of nitrogens with two attached hydrogens (primary N) is 4. The largest absolute Gasteiger partial charge is 0.480 e. The maximum atomic E-state index is 10.2. The molecule has 0 saturated carbocycles. The number of carbonyl (C=O) groups is 4. The molecule has 0 aromatic carbocycles. The predicted molar refractivity (Wildman–Crippen MR) is 146 cm³/mol. The van der Waals surface area contributed by atoms with Gasteiger partial charge in [0.1, 0.15) is 24.2 Å². The first-order chi connectivity index (χ1) is 19.7. The van der Waals surface area contributed by atoms with Gasteiger partial charge in [0, 0.05) is 39.3 Å². The van der Waals surface area contributed by atoms with Crippen LogP contribution in [0.4, 0.5) is 0 Å². The van der Waals surface area contributed by atoms with Gasteiger partial charge in [0.05, 0.1) is 6.54 Å². The van der Waals surface area contributed by atoms with Crippen molar-refractivity contribution in [1.29, 1.82) is 0 Å². The minimum absolute atomic E-state index is 0.129. The van der Waals surface area contributed by atoms with Crippen LogP contribution in [0.3, 0.4) is 0 Å². The van der Waals surface area contributed by atoms with Gasteiger partial charge in [-0.3, -0.25) is 19.2 Å². The van der Waals surface area contributed by atoms with E-state index in [4.69, 9.17) is 65.5 Å². The molecule has 0 aromatic rings. The van der Waals surface area contributed by atoms with Crippen molar-refractivity contribution in [1.82, 2.24) is 0 Å². The van der Waals surface area contributed by atoms with Gasteiger partial charge in [-0.2, -0.15) is 0 Å². The lowest BCUT2D eigenvalue weighted by atomic mass is 10.1. The van der Waals surface area contributed by atoms with Gasteiger partial charge in [-0.1, -0.05) is 26.9 Å². The highest BCUT2D eigenvalue weighted by Crippen LogP contribution is 1.99. The van der Waals surface area contributed by atoms with Gasteiger partial charge in [0.2, 0.25) is 0 Å². The van der Waals surface area contributed by atoms with E-state index in [0.717, 1.165) is 0 Å². The van der Waals surface area contributed by atoms with Gasteiger partial charge >= 0.3 is 23.9 Å². The molecule has 0 fully saturated rings. The molecule has 0 bridgehead atoms. The van der Waals surface area contributed by atoms with Gasteiger partial charge in [0.25, 0.3) is 0 Å². The third-order valence-electron chi connectivity index (χ3n) is 4.14. The standard InChI is InChI=1S/C6H12N4O2.C5H10N4O2.C4H8N4O2.C3H6N4O2/c7-5(6(11)12)3-1-2-4-9-10-8;6-4(5(10)11)2-1-3-8-9-7;5-3(4(9)10)1-2-7-8-6;4-2(3(8)9)1-6-7-5/h5H,1-4,7H2,(H,11,12);4H,1-3,6H2,(H,10,11);3H,1-2,5H2,(H,9,10);2H,1,4H2,(H,8,9). The summed E-state index contributed by atoms with van der Waals surface area (Å²) in [5, 5.41) is 45.6. The minimum Gasteiger partial charge on any atom is -0.480 e. The fraction of sp³-hybridized carbons (Fsp3) is 0.778. The molecule has 0 aliphatic rings. The average molecular weight is 605 g/mol. The Labute approximate surface area is 238 Å². The van der Waals surface area contributed by atoms with Gasteiger partial charge < -0.3 is 43.4 Å². The van der Waals surface area contributed by atoms with Crippen molar-refractivity contribution >= 4 is 23.9 Å². The number of hydrogen-bond acceptors (Lipinski definition) is 12. The van der Waals surface area contributed by atoms with E-state index in [1.807, 2.05) is 0 Å². The van der Waals surface area contributed by atoms with Crippen LogP contribution in [0.15, 0.2) is 20.5 Å². The minimum atomic E-state index is -1.16. The van der Waals surface area contributed by atoms with E-state index < -0.39 is 48.0 Å². The number of hydrogen-bond donors (Lipinski definition) is 8. The Morgan fingerprint density at radius 1 is 0.500 bits per heavy atom. The van der Waals surface area contributed by atoms with Gasteiger partial charge in [0.15, 0.2) is 0 Å². The van der Waals surface area contributed by atoms with E-state index in [-0.39, 0.29) is 19.5 Å². The second-order valence-corrected chi connectivity index (χ2v) is 7.48. The molecule has 4 atom stereocenters. The predicted octanol–water partition coefficient (Wildman–Crippen LogP) is 1.18. The van der Waals surface area contributed by atoms with Gasteiger partial charge in [-0.15, -0.1) is 0 Å². The summed E-state index contributed by atoms with van der Waals surface area (Å²) < 4.78 is 0. The SMILES string of the molecule is [N-]=[N+]=NCC(N)C(=O)O.[N-]=[N+]=NCCC(N)C(=O)O.[N-]=[N+]=NCCCC(N)C(=O)O.[N-]=[N+]=NCCCCC(N)C(=O)O. The topological polar surface area (TPSA) is 448 Å². The maximum Gasteiger partial charge on any atom is 0.320 e. The molecule has 0 heterocycles. The zero-order valence-electron chi connectivity index (χ0n) is 22.5. The second-order valence-electron chi connectivity index (χ2n) is 7.48. The van der Waals surface area contributed by atoms with Crippen molar-refractivity contribution < 1.29 is 39.6 Å². The lowest BCUT2D eigenvalue weighted by Crippen LogP contribution is -2.32. The molecular formula is C18H36N16O8. The Hall–Kier alpha value is -5.04. The number of unbranched alkanes of at least 4 members (excludes halogenated alkanes) is 1. The zero-order chi connectivity index (χ0) is 33.3. The van der Waals surface area contributed by atoms with Crippen molar-refractivity contribution in [2.45, 2.75) is 62.7 Å². The number of rotatable bonds is 18. The molecular weight excluding hydrogens is 568 g/mol. The highest BCUT2D eigenvalue weighted by molar-refractivity contribution is 5.74. The molecule has 236 valence electrons. The van der Waals surface area contributed by atoms with Crippen LogP contribution in [0.5, 0.6) is 0 Å². The first-order valence-corrected chi connectivity index (χ1v) is 11.7. The van der Waals surface area contributed by atoms with Crippen LogP contribution in [0.2, 0.25) is 0 Å². The van der Waals surface area contributed by atoms with Crippen molar-refractivity contribution in [3.8, 4) is 0 Å². The summed E-state index contributed by atoms with van der Waals surface area (Å²) in [6.45, 7) is 0.635. The summed E-state index contributed by atoms with van der Waals surface area (Å²) >= 11 is 0. The summed E-state index contributed by atoms with van der Waals surface area (Å²) in [7, 11) is 0. The fourth-order valence-electron chi connectivity index (χ4n) is 1.83. The maximum absolute atomic E-state index is 10.2. The Bertz CT molecular complexity index is 988. The smallest absolute Gasteiger partial charge is 0.320 e. The first-order valence-electron chi connectivity index (χ1n) is 11.7. The van der Waals surface area contributed by atoms with Crippen LogP contribution < -0.4 is 22.9 Å². The summed E-state index contributed by atoms with van der Waals surface area (Å²) in [5.41, 5.74) is 51.7. The summed E-state index contributed by atoms with van der Waals surface area (Å²) in [6.07, 6.45) is 2.82. The Balaban J connectivity index is -0.000000230. The molecule has 0 spiro atoms. The van der Waals surface area contributed by atoms with E-state index in [2.05, 4.69) is 40.1 Å². The summed E-state index contributed by atoms with van der Waals surface area (Å²) in [4.78, 5) is 50.1. The molecule has 0 aromatic heterocycles. The average Bonchev–Trinajstić information content (AvgIpc) is 2.94. The number of nitrogens with zero attached hydrogens (tertiary/aromatic N) is 12. The highest BCUT2D eigenvalue weighted by Gasteiger charge is 2.11. The summed E-state index contributed by atoms with van der Waals surface area (Å²) in [6, 6.07) is -3.65. The monoisotopic (exact) mass is 604 g/mol. The number of azide groups is 4. The van der Waals surface area contributed by atoms with E-state index in [0.29, 0.717) is 45.2 Å². The second kappa shape index (κ2) is 32.2.